The molecular weight excluding hydrogens is 1090 g/mol. The van der Waals surface area contributed by atoms with Crippen LogP contribution in [0, 0.1) is 29.6 Å². The highest BCUT2D eigenvalue weighted by molar-refractivity contribution is 5.98. The van der Waals surface area contributed by atoms with Gasteiger partial charge in [0.1, 0.15) is 30.8 Å². The molecule has 0 saturated carbocycles. The molecule has 476 valence electrons. The maximum atomic E-state index is 14.8. The van der Waals surface area contributed by atoms with E-state index in [0.29, 0.717) is 55.5 Å². The summed E-state index contributed by atoms with van der Waals surface area (Å²) in [7, 11) is 6.11. The van der Waals surface area contributed by atoms with Crippen LogP contribution < -0.4 is 37.6 Å². The number of methoxy groups -OCH3 is 2. The summed E-state index contributed by atoms with van der Waals surface area (Å²) < 4.78 is 17.7. The van der Waals surface area contributed by atoms with Crippen LogP contribution in [0.4, 0.5) is 15.3 Å². The van der Waals surface area contributed by atoms with Gasteiger partial charge in [-0.3, -0.25) is 38.5 Å². The number of anilines is 1. The number of nitrogens with zero attached hydrogens (tertiary/aromatic N) is 3. The number of rotatable bonds is 34. The van der Waals surface area contributed by atoms with Gasteiger partial charge in [-0.2, -0.15) is 0 Å². The Hall–Kier alpha value is -6.85. The van der Waals surface area contributed by atoms with Crippen molar-refractivity contribution in [1.82, 2.24) is 41.3 Å². The monoisotopic (exact) mass is 1190 g/mol. The molecule has 0 unspecified atom stereocenters. The number of likely N-dealkylation sites (tertiary alicyclic amines) is 1. The largest absolute Gasteiger partial charge is 0.445 e. The second kappa shape index (κ2) is 35.6. The van der Waals surface area contributed by atoms with Crippen LogP contribution in [0.2, 0.25) is 0 Å². The number of aliphatic hydroxyl groups excluding tert-OH is 1. The molecule has 0 aromatic heterocycles. The molecule has 12 atom stereocenters. The molecule has 1 saturated heterocycles. The lowest BCUT2D eigenvalue weighted by Gasteiger charge is -2.41. The zero-order chi connectivity index (χ0) is 63.8. The van der Waals surface area contributed by atoms with E-state index >= 15 is 0 Å². The molecule has 3 rings (SSSR count). The smallest absolute Gasteiger partial charge is 0.410 e. The molecule has 2 aromatic rings. The van der Waals surface area contributed by atoms with E-state index in [2.05, 4.69) is 31.9 Å². The van der Waals surface area contributed by atoms with Crippen LogP contribution >= 0.6 is 0 Å². The van der Waals surface area contributed by atoms with E-state index in [4.69, 9.17) is 19.9 Å². The van der Waals surface area contributed by atoms with E-state index in [1.165, 1.54) is 26.2 Å². The second-order valence-corrected chi connectivity index (χ2v) is 23.5. The normalized spacial score (nSPS) is 17.2. The van der Waals surface area contributed by atoms with Crippen molar-refractivity contribution in [3.63, 3.8) is 0 Å². The standard InChI is InChI=1S/C62H100N10O13/c1-16-23-48(73)68-50(36(3)4)58(78)67-45(26-21-32-64-61(63)81)57(77)66-44-30-28-42(29-31-44)35-85-62(82)71(13)52(38(7)8)59(79)69-51(37(5)6)60(80)70(12)53(39(9)17-2)47(83-14)34-49(74)72-33-22-27-46(72)55(84-15)40(10)56(76)65-41(11)54(75)43-24-19-18-20-25-43/h18-20,24-25,28-31,36-41,45-47,50-55,75H,16-17,21-23,26-27,32-35H2,1-15H3,(H,65,76)(H,66,77)(H,67,78)(H,68,73)(H,69,79)(H3,63,64,81)/t39-,40+,41+,45-,46-,47+,50-,51-,52-,53-,54+,55+/m0/s1. The molecular formula is C62H100N10O13. The molecule has 1 fully saturated rings. The fourth-order valence-corrected chi connectivity index (χ4v) is 10.9. The first-order chi connectivity index (χ1) is 40.1. The number of primary amides is 1. The number of nitrogens with two attached hydrogens (primary N) is 1. The lowest BCUT2D eigenvalue weighted by atomic mass is 9.89. The summed E-state index contributed by atoms with van der Waals surface area (Å²) in [5, 5.41) is 27.6. The molecule has 10 amide bonds. The van der Waals surface area contributed by atoms with Gasteiger partial charge in [0.15, 0.2) is 0 Å². The minimum absolute atomic E-state index is 0.0812. The Bertz CT molecular complexity index is 2480. The zero-order valence-electron chi connectivity index (χ0n) is 52.9. The van der Waals surface area contributed by atoms with E-state index in [-0.39, 0.29) is 62.0 Å². The number of ether oxygens (including phenoxy) is 3. The van der Waals surface area contributed by atoms with E-state index in [1.54, 1.807) is 94.8 Å². The van der Waals surface area contributed by atoms with Crippen molar-refractivity contribution in [2.24, 2.45) is 35.3 Å². The Morgan fingerprint density at radius 3 is 1.93 bits per heavy atom. The van der Waals surface area contributed by atoms with E-state index in [0.717, 1.165) is 0 Å². The van der Waals surface area contributed by atoms with Gasteiger partial charge in [-0.1, -0.05) is 118 Å². The van der Waals surface area contributed by atoms with Crippen LogP contribution in [0.15, 0.2) is 54.6 Å². The molecule has 0 spiro atoms. The minimum Gasteiger partial charge on any atom is -0.445 e. The third kappa shape index (κ3) is 21.6. The summed E-state index contributed by atoms with van der Waals surface area (Å²) in [5.74, 6) is -4.86. The topological polar surface area (TPSA) is 309 Å². The number of urea groups is 1. The summed E-state index contributed by atoms with van der Waals surface area (Å²) in [6.45, 7) is 20.4. The van der Waals surface area contributed by atoms with E-state index < -0.39 is 114 Å². The number of carbonyl (C=O) groups excluding carboxylic acids is 9. The van der Waals surface area contributed by atoms with Gasteiger partial charge in [0.25, 0.3) is 0 Å². The van der Waals surface area contributed by atoms with Crippen LogP contribution in [0.5, 0.6) is 0 Å². The summed E-state index contributed by atoms with van der Waals surface area (Å²) in [4.78, 5) is 126. The van der Waals surface area contributed by atoms with Gasteiger partial charge in [0, 0.05) is 53.5 Å². The van der Waals surface area contributed by atoms with Gasteiger partial charge >= 0.3 is 12.1 Å². The highest BCUT2D eigenvalue weighted by atomic mass is 16.6. The van der Waals surface area contributed by atoms with Gasteiger partial charge < -0.3 is 66.8 Å². The Kier molecular flexibility index (Phi) is 30.3. The Balaban J connectivity index is 1.71. The molecule has 0 bridgehead atoms. The van der Waals surface area contributed by atoms with Gasteiger partial charge in [0.05, 0.1) is 48.8 Å². The first kappa shape index (κ1) is 72.4. The van der Waals surface area contributed by atoms with Crippen molar-refractivity contribution >= 4 is 59.2 Å². The predicted octanol–water partition coefficient (Wildman–Crippen LogP) is 5.39. The lowest BCUT2D eigenvalue weighted by molar-refractivity contribution is -0.148. The van der Waals surface area contributed by atoms with Crippen LogP contribution in [-0.4, -0.2) is 169 Å². The molecule has 1 aliphatic heterocycles. The van der Waals surface area contributed by atoms with Crippen LogP contribution in [0.25, 0.3) is 0 Å². The third-order valence-corrected chi connectivity index (χ3v) is 16.0. The van der Waals surface area contributed by atoms with E-state index in [1.807, 2.05) is 52.8 Å². The van der Waals surface area contributed by atoms with Crippen LogP contribution in [0.3, 0.4) is 0 Å². The number of nitrogens with one attached hydrogen (secondary N) is 6. The van der Waals surface area contributed by atoms with Gasteiger partial charge in [-0.05, 0) is 86.0 Å². The van der Waals surface area contributed by atoms with Gasteiger partial charge in [0.2, 0.25) is 41.4 Å². The van der Waals surface area contributed by atoms with Crippen molar-refractivity contribution in [2.75, 3.05) is 46.7 Å². The Morgan fingerprint density at radius 1 is 0.741 bits per heavy atom. The first-order valence-corrected chi connectivity index (χ1v) is 30.0. The maximum absolute atomic E-state index is 14.8. The highest BCUT2D eigenvalue weighted by Crippen LogP contribution is 2.30. The van der Waals surface area contributed by atoms with Crippen LogP contribution in [-0.2, 0) is 54.4 Å². The number of carbonyl (C=O) groups is 9. The second-order valence-electron chi connectivity index (χ2n) is 23.5. The molecule has 23 nitrogen and oxygen atoms in total. The molecule has 0 aliphatic carbocycles. The number of hydrogen-bond acceptors (Lipinski definition) is 13. The molecule has 2 aromatic carbocycles. The van der Waals surface area contributed by atoms with Crippen molar-refractivity contribution in [2.45, 2.75) is 195 Å². The van der Waals surface area contributed by atoms with Crippen molar-refractivity contribution < 1.29 is 62.5 Å². The molecule has 1 heterocycles. The van der Waals surface area contributed by atoms with E-state index in [9.17, 15) is 48.3 Å². The number of amides is 10. The van der Waals surface area contributed by atoms with Crippen molar-refractivity contribution in [3.8, 4) is 0 Å². The third-order valence-electron chi connectivity index (χ3n) is 16.0. The van der Waals surface area contributed by atoms with Gasteiger partial charge in [-0.25, -0.2) is 9.59 Å². The zero-order valence-corrected chi connectivity index (χ0v) is 52.9. The SMILES string of the molecule is CCCC(=O)N[C@H](C(=O)N[C@@H](CCCNC(N)=O)C(=O)Nc1ccc(COC(=O)N(C)[C@H](C(=O)N[C@H](C(=O)N(C)[C@@H]([C@@H](C)CC)[C@@H](CC(=O)N2CCC[C@H]2[C@H](OC)[C@@H](C)C(=O)N[C@H](C)[C@@H](O)c2ccccc2)OC)C(C)C)C(C)C)cc1)C(C)C. The molecule has 85 heavy (non-hydrogen) atoms. The quantitative estimate of drug-likeness (QED) is 0.0408. The molecule has 0 radical (unpaired) electrons. The summed E-state index contributed by atoms with van der Waals surface area (Å²) in [5.41, 5.74) is 6.80. The maximum Gasteiger partial charge on any atom is 0.410 e. The van der Waals surface area contributed by atoms with Crippen molar-refractivity contribution in [3.05, 3.63) is 65.7 Å². The minimum atomic E-state index is -1.06. The van der Waals surface area contributed by atoms with Crippen molar-refractivity contribution in [1.29, 1.82) is 0 Å². The Morgan fingerprint density at radius 2 is 1.38 bits per heavy atom. The first-order valence-electron chi connectivity index (χ1n) is 30.0. The van der Waals surface area contributed by atoms with Gasteiger partial charge in [-0.15, -0.1) is 0 Å². The number of likely N-dealkylation sites (N-methyl/N-ethyl adjacent to an activating group) is 2. The number of hydrogen-bond donors (Lipinski definition) is 8. The summed E-state index contributed by atoms with van der Waals surface area (Å²) in [6.07, 6.45) is -0.0542. The predicted molar refractivity (Wildman–Crippen MR) is 324 cm³/mol. The van der Waals surface area contributed by atoms with Crippen LogP contribution in [0.1, 0.15) is 145 Å². The Labute approximate surface area is 503 Å². The fourth-order valence-electron chi connectivity index (χ4n) is 10.9. The average molecular weight is 1190 g/mol. The number of benzene rings is 2. The number of aliphatic hydroxyl groups is 1. The highest BCUT2D eigenvalue weighted by Gasteiger charge is 2.44. The fraction of sp³-hybridized carbons (Fsp3) is 0.661. The lowest BCUT2D eigenvalue weighted by Crippen LogP contribution is -2.60. The molecule has 23 heteroatoms. The average Bonchev–Trinajstić information content (AvgIpc) is 4.23. The molecule has 9 N–H and O–H groups in total. The summed E-state index contributed by atoms with van der Waals surface area (Å²) >= 11 is 0. The molecule has 1 aliphatic rings. The summed E-state index contributed by atoms with van der Waals surface area (Å²) in [6, 6.07) is 9.12.